The largest absolute Gasteiger partial charge is 0.497 e. The predicted molar refractivity (Wildman–Crippen MR) is 70.2 cm³/mol. The third kappa shape index (κ3) is 3.38. The molecule has 1 atom stereocenters. The van der Waals surface area contributed by atoms with Crippen LogP contribution in [-0.2, 0) is 4.79 Å². The number of carbonyl (C=O) groups is 1. The smallest absolute Gasteiger partial charge is 0.223 e. The third-order valence-corrected chi connectivity index (χ3v) is 3.21. The summed E-state index contributed by atoms with van der Waals surface area (Å²) in [5, 5.41) is 12.9. The molecule has 0 heterocycles. The first-order valence-corrected chi connectivity index (χ1v) is 6.33. The van der Waals surface area contributed by atoms with Crippen molar-refractivity contribution in [1.29, 1.82) is 0 Å². The molecule has 1 amide bonds. The van der Waals surface area contributed by atoms with Crippen LogP contribution in [0, 0.1) is 5.92 Å². The van der Waals surface area contributed by atoms with E-state index in [1.165, 1.54) is 0 Å². The second-order valence-electron chi connectivity index (χ2n) is 4.64. The number of nitrogens with one attached hydrogen (secondary N) is 1. The highest BCUT2D eigenvalue weighted by molar-refractivity contribution is 5.80. The average Bonchev–Trinajstić information content (AvgIpc) is 3.28. The Hall–Kier alpha value is -1.75. The number of ether oxygens (including phenoxy) is 2. The Morgan fingerprint density at radius 3 is 2.74 bits per heavy atom. The summed E-state index contributed by atoms with van der Waals surface area (Å²) in [6, 6.07) is 5.21. The van der Waals surface area contributed by atoms with Gasteiger partial charge in [0.25, 0.3) is 0 Å². The van der Waals surface area contributed by atoms with E-state index >= 15 is 0 Å². The molecule has 5 nitrogen and oxygen atoms in total. The Morgan fingerprint density at radius 1 is 1.42 bits per heavy atom. The first-order chi connectivity index (χ1) is 9.15. The van der Waals surface area contributed by atoms with Crippen LogP contribution in [0.25, 0.3) is 0 Å². The maximum atomic E-state index is 11.5. The van der Waals surface area contributed by atoms with E-state index < -0.39 is 6.10 Å². The molecule has 0 bridgehead atoms. The number of rotatable bonds is 6. The number of hydrogen-bond acceptors (Lipinski definition) is 4. The minimum Gasteiger partial charge on any atom is -0.497 e. The van der Waals surface area contributed by atoms with Gasteiger partial charge in [0.05, 0.1) is 20.3 Å². The molecule has 5 heteroatoms. The predicted octanol–water partition coefficient (Wildman–Crippen LogP) is 1.26. The minimum absolute atomic E-state index is 0.0147. The highest BCUT2D eigenvalue weighted by atomic mass is 16.5. The van der Waals surface area contributed by atoms with Crippen LogP contribution in [0.15, 0.2) is 18.2 Å². The van der Waals surface area contributed by atoms with E-state index in [0.29, 0.717) is 17.1 Å². The average molecular weight is 265 g/mol. The van der Waals surface area contributed by atoms with E-state index in [-0.39, 0.29) is 18.4 Å². The lowest BCUT2D eigenvalue weighted by Gasteiger charge is -2.16. The van der Waals surface area contributed by atoms with Crippen molar-refractivity contribution in [3.05, 3.63) is 23.8 Å². The summed E-state index contributed by atoms with van der Waals surface area (Å²) < 4.78 is 10.3. The lowest BCUT2D eigenvalue weighted by atomic mass is 10.1. The first-order valence-electron chi connectivity index (χ1n) is 6.33. The molecule has 2 rings (SSSR count). The van der Waals surface area contributed by atoms with Crippen molar-refractivity contribution < 1.29 is 19.4 Å². The molecule has 0 spiro atoms. The number of hydrogen-bond donors (Lipinski definition) is 2. The van der Waals surface area contributed by atoms with Crippen molar-refractivity contribution in [3.63, 3.8) is 0 Å². The van der Waals surface area contributed by atoms with E-state index in [0.717, 1.165) is 12.8 Å². The van der Waals surface area contributed by atoms with Crippen LogP contribution >= 0.6 is 0 Å². The molecule has 0 radical (unpaired) electrons. The van der Waals surface area contributed by atoms with Gasteiger partial charge in [0.15, 0.2) is 0 Å². The number of carbonyl (C=O) groups excluding carboxylic acids is 1. The van der Waals surface area contributed by atoms with E-state index in [1.807, 2.05) is 0 Å². The number of amides is 1. The second-order valence-corrected chi connectivity index (χ2v) is 4.64. The summed E-state index contributed by atoms with van der Waals surface area (Å²) >= 11 is 0. The zero-order valence-corrected chi connectivity index (χ0v) is 11.2. The lowest BCUT2D eigenvalue weighted by molar-refractivity contribution is -0.122. The van der Waals surface area contributed by atoms with Crippen LogP contribution in [0.5, 0.6) is 11.5 Å². The van der Waals surface area contributed by atoms with Crippen LogP contribution in [0.3, 0.4) is 0 Å². The van der Waals surface area contributed by atoms with E-state index in [9.17, 15) is 9.90 Å². The Bertz CT molecular complexity index is 457. The normalized spacial score (nSPS) is 15.7. The monoisotopic (exact) mass is 265 g/mol. The fourth-order valence-electron chi connectivity index (χ4n) is 1.90. The molecule has 0 aromatic heterocycles. The van der Waals surface area contributed by atoms with Gasteiger partial charge in [-0.25, -0.2) is 0 Å². The molecule has 1 aliphatic carbocycles. The molecule has 1 unspecified atom stereocenters. The highest BCUT2D eigenvalue weighted by Gasteiger charge is 2.29. The van der Waals surface area contributed by atoms with Crippen LogP contribution < -0.4 is 14.8 Å². The molecule has 1 fully saturated rings. The summed E-state index contributed by atoms with van der Waals surface area (Å²) in [7, 11) is 3.10. The quantitative estimate of drug-likeness (QED) is 0.812. The molecular weight excluding hydrogens is 246 g/mol. The molecule has 1 saturated carbocycles. The zero-order valence-electron chi connectivity index (χ0n) is 11.2. The summed E-state index contributed by atoms with van der Waals surface area (Å²) in [4.78, 5) is 11.5. The van der Waals surface area contributed by atoms with E-state index in [4.69, 9.17) is 9.47 Å². The highest BCUT2D eigenvalue weighted by Crippen LogP contribution is 2.30. The maximum Gasteiger partial charge on any atom is 0.223 e. The number of aliphatic hydroxyl groups excluding tert-OH is 1. The van der Waals surface area contributed by atoms with Crippen molar-refractivity contribution in [1.82, 2.24) is 5.32 Å². The van der Waals surface area contributed by atoms with Gasteiger partial charge in [-0.3, -0.25) is 4.79 Å². The summed E-state index contributed by atoms with van der Waals surface area (Å²) in [5.41, 5.74) is 0.609. The van der Waals surface area contributed by atoms with Gasteiger partial charge in [-0.1, -0.05) is 0 Å². The standard InChI is InChI=1S/C14H19NO4/c1-18-10-5-6-13(19-2)11(7-10)12(16)8-15-14(17)9-3-4-9/h5-7,9,12,16H,3-4,8H2,1-2H3,(H,15,17). The van der Waals surface area contributed by atoms with Crippen LogP contribution in [0.1, 0.15) is 24.5 Å². The topological polar surface area (TPSA) is 67.8 Å². The van der Waals surface area contributed by atoms with Crippen molar-refractivity contribution in [2.45, 2.75) is 18.9 Å². The molecule has 1 aliphatic rings. The Labute approximate surface area is 112 Å². The van der Waals surface area contributed by atoms with E-state index in [1.54, 1.807) is 32.4 Å². The van der Waals surface area contributed by atoms with Crippen molar-refractivity contribution in [2.24, 2.45) is 5.92 Å². The number of methoxy groups -OCH3 is 2. The fourth-order valence-corrected chi connectivity index (χ4v) is 1.90. The Kier molecular flexibility index (Phi) is 4.27. The van der Waals surface area contributed by atoms with Gasteiger partial charge < -0.3 is 19.9 Å². The Balaban J connectivity index is 2.03. The molecule has 2 N–H and O–H groups in total. The van der Waals surface area contributed by atoms with Gasteiger partial charge >= 0.3 is 0 Å². The SMILES string of the molecule is COc1ccc(OC)c(C(O)CNC(=O)C2CC2)c1. The number of aliphatic hydroxyl groups is 1. The molecule has 1 aromatic carbocycles. The molecule has 0 aliphatic heterocycles. The van der Waals surface area contributed by atoms with E-state index in [2.05, 4.69) is 5.32 Å². The van der Waals surface area contributed by atoms with Gasteiger partial charge in [-0.05, 0) is 31.0 Å². The van der Waals surface area contributed by atoms with Crippen molar-refractivity contribution in [3.8, 4) is 11.5 Å². The molecule has 19 heavy (non-hydrogen) atoms. The lowest BCUT2D eigenvalue weighted by Crippen LogP contribution is -2.29. The van der Waals surface area contributed by atoms with Gasteiger partial charge in [0.1, 0.15) is 11.5 Å². The van der Waals surface area contributed by atoms with Crippen LogP contribution in [0.4, 0.5) is 0 Å². The summed E-state index contributed by atoms with van der Waals surface area (Å²) in [5.74, 6) is 1.37. The van der Waals surface area contributed by atoms with Gasteiger partial charge in [-0.15, -0.1) is 0 Å². The molecule has 104 valence electrons. The summed E-state index contributed by atoms with van der Waals surface area (Å²) in [6.45, 7) is 0.179. The first kappa shape index (κ1) is 13.7. The second kappa shape index (κ2) is 5.93. The maximum absolute atomic E-state index is 11.5. The van der Waals surface area contributed by atoms with Crippen LogP contribution in [-0.4, -0.2) is 31.8 Å². The van der Waals surface area contributed by atoms with Gasteiger partial charge in [-0.2, -0.15) is 0 Å². The van der Waals surface area contributed by atoms with Crippen molar-refractivity contribution >= 4 is 5.91 Å². The molecule has 1 aromatic rings. The van der Waals surface area contributed by atoms with Gasteiger partial charge in [0.2, 0.25) is 5.91 Å². The third-order valence-electron chi connectivity index (χ3n) is 3.21. The Morgan fingerprint density at radius 2 is 2.16 bits per heavy atom. The molecule has 0 saturated heterocycles. The molecular formula is C14H19NO4. The minimum atomic E-state index is -0.812. The fraction of sp³-hybridized carbons (Fsp3) is 0.500. The van der Waals surface area contributed by atoms with Crippen molar-refractivity contribution in [2.75, 3.05) is 20.8 Å². The van der Waals surface area contributed by atoms with Crippen LogP contribution in [0.2, 0.25) is 0 Å². The zero-order chi connectivity index (χ0) is 13.8. The van der Waals surface area contributed by atoms with Gasteiger partial charge in [0, 0.05) is 18.0 Å². The number of benzene rings is 1. The summed E-state index contributed by atoms with van der Waals surface area (Å²) in [6.07, 6.45) is 1.09.